The maximum Gasteiger partial charge on any atom is 0.230 e. The summed E-state index contributed by atoms with van der Waals surface area (Å²) in [6.07, 6.45) is 5.79. The van der Waals surface area contributed by atoms with Gasteiger partial charge in [0.05, 0.1) is 0 Å². The second kappa shape index (κ2) is 6.58. The first-order valence-electron chi connectivity index (χ1n) is 9.08. The molecule has 0 aromatic heterocycles. The van der Waals surface area contributed by atoms with Gasteiger partial charge in [0.15, 0.2) is 0 Å². The number of amides is 2. The Morgan fingerprint density at radius 3 is 2.58 bits per heavy atom. The third-order valence-corrected chi connectivity index (χ3v) is 4.92. The number of benzene rings is 1. The summed E-state index contributed by atoms with van der Waals surface area (Å²) in [6, 6.07) is 5.93. The van der Waals surface area contributed by atoms with E-state index < -0.39 is 0 Å². The van der Waals surface area contributed by atoms with E-state index >= 15 is 0 Å². The van der Waals surface area contributed by atoms with Crippen LogP contribution in [0.5, 0.6) is 0 Å². The molecule has 1 aromatic rings. The number of nitrogens with zero attached hydrogens (tertiary/aromatic N) is 1. The molecule has 0 atom stereocenters. The SMILES string of the molecule is CC(C)(C)CC(=O)Nc1ccc2c(c1)CCN2C(=O)C1CCCC1. The zero-order valence-corrected chi connectivity index (χ0v) is 15.0. The first-order chi connectivity index (χ1) is 11.3. The fourth-order valence-corrected chi connectivity index (χ4v) is 3.79. The van der Waals surface area contributed by atoms with Crippen LogP contribution < -0.4 is 10.2 Å². The minimum Gasteiger partial charge on any atom is -0.326 e. The molecule has 2 aliphatic rings. The number of carbonyl (C=O) groups excluding carboxylic acids is 2. The number of anilines is 2. The van der Waals surface area contributed by atoms with Crippen molar-refractivity contribution in [2.24, 2.45) is 11.3 Å². The van der Waals surface area contributed by atoms with Crippen molar-refractivity contribution in [2.75, 3.05) is 16.8 Å². The van der Waals surface area contributed by atoms with Crippen molar-refractivity contribution >= 4 is 23.2 Å². The van der Waals surface area contributed by atoms with Crippen molar-refractivity contribution in [1.82, 2.24) is 0 Å². The third kappa shape index (κ3) is 3.80. The van der Waals surface area contributed by atoms with Gasteiger partial charge in [-0.15, -0.1) is 0 Å². The molecule has 0 radical (unpaired) electrons. The summed E-state index contributed by atoms with van der Waals surface area (Å²) >= 11 is 0. The van der Waals surface area contributed by atoms with Crippen LogP contribution in [-0.2, 0) is 16.0 Å². The lowest BCUT2D eigenvalue weighted by molar-refractivity contribution is -0.122. The molecule has 4 heteroatoms. The molecule has 1 heterocycles. The van der Waals surface area contributed by atoms with Crippen molar-refractivity contribution in [1.29, 1.82) is 0 Å². The van der Waals surface area contributed by atoms with Gasteiger partial charge < -0.3 is 10.2 Å². The van der Waals surface area contributed by atoms with Crippen molar-refractivity contribution in [2.45, 2.75) is 59.3 Å². The molecular weight excluding hydrogens is 300 g/mol. The van der Waals surface area contributed by atoms with Crippen molar-refractivity contribution in [3.05, 3.63) is 23.8 Å². The summed E-state index contributed by atoms with van der Waals surface area (Å²) in [5, 5.41) is 2.98. The summed E-state index contributed by atoms with van der Waals surface area (Å²) in [5.41, 5.74) is 3.00. The predicted octanol–water partition coefficient (Wildman–Crippen LogP) is 4.14. The van der Waals surface area contributed by atoms with E-state index in [9.17, 15) is 9.59 Å². The first kappa shape index (κ1) is 17.0. The summed E-state index contributed by atoms with van der Waals surface area (Å²) in [7, 11) is 0. The lowest BCUT2D eigenvalue weighted by atomic mass is 9.92. The molecule has 1 aliphatic heterocycles. The molecule has 0 unspecified atom stereocenters. The molecule has 3 rings (SSSR count). The molecule has 24 heavy (non-hydrogen) atoms. The number of rotatable bonds is 3. The minimum absolute atomic E-state index is 0.0225. The lowest BCUT2D eigenvalue weighted by Crippen LogP contribution is -2.33. The smallest absolute Gasteiger partial charge is 0.230 e. The van der Waals surface area contributed by atoms with E-state index in [-0.39, 0.29) is 23.1 Å². The van der Waals surface area contributed by atoms with Crippen LogP contribution in [-0.4, -0.2) is 18.4 Å². The Bertz CT molecular complexity index is 640. The molecule has 1 aliphatic carbocycles. The first-order valence-corrected chi connectivity index (χ1v) is 9.08. The maximum atomic E-state index is 12.7. The van der Waals surface area contributed by atoms with Crippen LogP contribution in [0.2, 0.25) is 0 Å². The van der Waals surface area contributed by atoms with Crippen LogP contribution >= 0.6 is 0 Å². The second-order valence-corrected chi connectivity index (χ2v) is 8.35. The summed E-state index contributed by atoms with van der Waals surface area (Å²) < 4.78 is 0. The fraction of sp³-hybridized carbons (Fsp3) is 0.600. The van der Waals surface area contributed by atoms with Gasteiger partial charge in [-0.2, -0.15) is 0 Å². The zero-order valence-electron chi connectivity index (χ0n) is 15.0. The van der Waals surface area contributed by atoms with Crippen molar-refractivity contribution in [3.8, 4) is 0 Å². The average Bonchev–Trinajstić information content (AvgIpc) is 3.13. The van der Waals surface area contributed by atoms with Gasteiger partial charge in [-0.1, -0.05) is 33.6 Å². The quantitative estimate of drug-likeness (QED) is 0.906. The highest BCUT2D eigenvalue weighted by atomic mass is 16.2. The Morgan fingerprint density at radius 1 is 1.21 bits per heavy atom. The van der Waals surface area contributed by atoms with Crippen LogP contribution in [0.15, 0.2) is 18.2 Å². The van der Waals surface area contributed by atoms with Gasteiger partial charge in [-0.3, -0.25) is 9.59 Å². The summed E-state index contributed by atoms with van der Waals surface area (Å²) in [5.74, 6) is 0.539. The Balaban J connectivity index is 1.69. The van der Waals surface area contributed by atoms with E-state index in [4.69, 9.17) is 0 Å². The molecule has 0 saturated heterocycles. The van der Waals surface area contributed by atoms with Gasteiger partial charge in [0.2, 0.25) is 11.8 Å². The Kier molecular flexibility index (Phi) is 4.66. The molecular formula is C20H28N2O2. The number of hydrogen-bond donors (Lipinski definition) is 1. The van der Waals surface area contributed by atoms with Crippen LogP contribution in [0, 0.1) is 11.3 Å². The Labute approximate surface area is 144 Å². The highest BCUT2D eigenvalue weighted by molar-refractivity contribution is 5.98. The predicted molar refractivity (Wildman–Crippen MR) is 97.2 cm³/mol. The molecule has 1 fully saturated rings. The monoisotopic (exact) mass is 328 g/mol. The number of fused-ring (bicyclic) bond motifs is 1. The third-order valence-electron chi connectivity index (χ3n) is 4.92. The fourth-order valence-electron chi connectivity index (χ4n) is 3.79. The van der Waals surface area contributed by atoms with Crippen LogP contribution in [0.3, 0.4) is 0 Å². The highest BCUT2D eigenvalue weighted by Crippen LogP contribution is 2.35. The van der Waals surface area contributed by atoms with Gasteiger partial charge in [0.1, 0.15) is 0 Å². The van der Waals surface area contributed by atoms with Crippen LogP contribution in [0.1, 0.15) is 58.4 Å². The van der Waals surface area contributed by atoms with E-state index in [1.807, 2.05) is 23.1 Å². The van der Waals surface area contributed by atoms with E-state index in [1.165, 1.54) is 12.8 Å². The molecule has 1 saturated carbocycles. The topological polar surface area (TPSA) is 49.4 Å². The van der Waals surface area contributed by atoms with E-state index in [1.54, 1.807) is 0 Å². The molecule has 2 amide bonds. The van der Waals surface area contributed by atoms with Gasteiger partial charge in [0.25, 0.3) is 0 Å². The lowest BCUT2D eigenvalue weighted by Gasteiger charge is -2.21. The number of hydrogen-bond acceptors (Lipinski definition) is 2. The Morgan fingerprint density at radius 2 is 1.92 bits per heavy atom. The van der Waals surface area contributed by atoms with Crippen LogP contribution in [0.4, 0.5) is 11.4 Å². The van der Waals surface area contributed by atoms with Gasteiger partial charge in [-0.25, -0.2) is 0 Å². The molecule has 0 bridgehead atoms. The van der Waals surface area contributed by atoms with Gasteiger partial charge >= 0.3 is 0 Å². The summed E-state index contributed by atoms with van der Waals surface area (Å²) in [6.45, 7) is 6.94. The normalized spacial score (nSPS) is 17.9. The second-order valence-electron chi connectivity index (χ2n) is 8.35. The van der Waals surface area contributed by atoms with E-state index in [0.717, 1.165) is 42.7 Å². The van der Waals surface area contributed by atoms with Gasteiger partial charge in [0, 0.05) is 30.3 Å². The minimum atomic E-state index is -0.0225. The molecule has 4 nitrogen and oxygen atoms in total. The van der Waals surface area contributed by atoms with Gasteiger partial charge in [-0.05, 0) is 48.4 Å². The Hall–Kier alpha value is -1.84. The number of nitrogens with one attached hydrogen (secondary N) is 1. The van der Waals surface area contributed by atoms with Crippen LogP contribution in [0.25, 0.3) is 0 Å². The van der Waals surface area contributed by atoms with Crippen molar-refractivity contribution in [3.63, 3.8) is 0 Å². The molecule has 0 spiro atoms. The zero-order chi connectivity index (χ0) is 17.3. The highest BCUT2D eigenvalue weighted by Gasteiger charge is 2.31. The molecule has 130 valence electrons. The molecule has 1 aromatic carbocycles. The molecule has 1 N–H and O–H groups in total. The standard InChI is InChI=1S/C20H28N2O2/c1-20(2,3)13-18(23)21-16-8-9-17-15(12-16)10-11-22(17)19(24)14-6-4-5-7-14/h8-9,12,14H,4-7,10-11,13H2,1-3H3,(H,21,23). The van der Waals surface area contributed by atoms with E-state index in [2.05, 4.69) is 26.1 Å². The van der Waals surface area contributed by atoms with E-state index in [0.29, 0.717) is 6.42 Å². The average molecular weight is 328 g/mol. The maximum absolute atomic E-state index is 12.7. The number of carbonyl (C=O) groups is 2. The largest absolute Gasteiger partial charge is 0.326 e. The summed E-state index contributed by atoms with van der Waals surface area (Å²) in [4.78, 5) is 26.7. The van der Waals surface area contributed by atoms with Crippen molar-refractivity contribution < 1.29 is 9.59 Å².